The van der Waals surface area contributed by atoms with Gasteiger partial charge >= 0.3 is 6.18 Å². The van der Waals surface area contributed by atoms with E-state index in [-0.39, 0.29) is 0 Å². The van der Waals surface area contributed by atoms with Crippen LogP contribution in [-0.4, -0.2) is 30.2 Å². The Kier molecular flexibility index (Phi) is 4.06. The SMILES string of the molecule is CC(F)(C(N)=O)C(=O)NCCC(F)(F)F. The van der Waals surface area contributed by atoms with E-state index in [0.29, 0.717) is 6.92 Å². The predicted molar refractivity (Wildman–Crippen MR) is 42.4 cm³/mol. The number of carbonyl (C=O) groups excluding carboxylic acids is 2. The Morgan fingerprint density at radius 2 is 1.73 bits per heavy atom. The monoisotopic (exact) mass is 230 g/mol. The smallest absolute Gasteiger partial charge is 0.366 e. The van der Waals surface area contributed by atoms with Crippen LogP contribution < -0.4 is 11.1 Å². The van der Waals surface area contributed by atoms with Crippen molar-refractivity contribution < 1.29 is 27.2 Å². The van der Waals surface area contributed by atoms with Gasteiger partial charge in [0.2, 0.25) is 0 Å². The number of nitrogens with two attached hydrogens (primary N) is 1. The summed E-state index contributed by atoms with van der Waals surface area (Å²) in [6, 6.07) is 0. The lowest BCUT2D eigenvalue weighted by Crippen LogP contribution is -2.50. The third-order valence-electron chi connectivity index (χ3n) is 1.58. The summed E-state index contributed by atoms with van der Waals surface area (Å²) < 4.78 is 47.9. The Balaban J connectivity index is 4.11. The van der Waals surface area contributed by atoms with Crippen LogP contribution in [0.25, 0.3) is 0 Å². The second-order valence-electron chi connectivity index (χ2n) is 2.99. The molecular weight excluding hydrogens is 220 g/mol. The van der Waals surface area contributed by atoms with Gasteiger partial charge in [-0.25, -0.2) is 4.39 Å². The van der Waals surface area contributed by atoms with Crippen molar-refractivity contribution >= 4 is 11.8 Å². The lowest BCUT2D eigenvalue weighted by atomic mass is 10.1. The van der Waals surface area contributed by atoms with Gasteiger partial charge in [-0.1, -0.05) is 0 Å². The Morgan fingerprint density at radius 3 is 2.07 bits per heavy atom. The molecule has 1 atom stereocenters. The maximum atomic E-state index is 13.1. The average Bonchev–Trinajstić information content (AvgIpc) is 2.01. The molecule has 0 aromatic rings. The van der Waals surface area contributed by atoms with E-state index < -0.39 is 36.6 Å². The molecule has 0 aromatic heterocycles. The molecule has 0 fully saturated rings. The van der Waals surface area contributed by atoms with Gasteiger partial charge in [0.05, 0.1) is 6.42 Å². The number of primary amides is 1. The van der Waals surface area contributed by atoms with Crippen LogP contribution >= 0.6 is 0 Å². The number of carbonyl (C=O) groups is 2. The van der Waals surface area contributed by atoms with E-state index in [4.69, 9.17) is 0 Å². The number of hydrogen-bond donors (Lipinski definition) is 2. The van der Waals surface area contributed by atoms with Crippen LogP contribution in [0.5, 0.6) is 0 Å². The van der Waals surface area contributed by atoms with Gasteiger partial charge in [0.15, 0.2) is 0 Å². The number of halogens is 4. The van der Waals surface area contributed by atoms with E-state index in [1.54, 1.807) is 5.32 Å². The summed E-state index contributed by atoms with van der Waals surface area (Å²) in [5, 5.41) is 1.63. The highest BCUT2D eigenvalue weighted by molar-refractivity contribution is 6.07. The van der Waals surface area contributed by atoms with Gasteiger partial charge in [-0.15, -0.1) is 0 Å². The summed E-state index contributed by atoms with van der Waals surface area (Å²) in [6.45, 7) is -0.215. The fourth-order valence-electron chi connectivity index (χ4n) is 0.596. The maximum absolute atomic E-state index is 13.1. The van der Waals surface area contributed by atoms with Gasteiger partial charge in [0, 0.05) is 6.54 Å². The van der Waals surface area contributed by atoms with Crippen molar-refractivity contribution in [3.8, 4) is 0 Å². The average molecular weight is 230 g/mol. The van der Waals surface area contributed by atoms with Crippen LogP contribution in [0.4, 0.5) is 17.6 Å². The Hall–Kier alpha value is -1.34. The van der Waals surface area contributed by atoms with Crippen LogP contribution in [0.1, 0.15) is 13.3 Å². The molecule has 0 aliphatic rings. The van der Waals surface area contributed by atoms with Gasteiger partial charge in [-0.05, 0) is 6.92 Å². The molecule has 3 N–H and O–H groups in total. The second-order valence-corrected chi connectivity index (χ2v) is 2.99. The predicted octanol–water partition coefficient (Wildman–Crippen LogP) is 0.268. The number of rotatable bonds is 4. The van der Waals surface area contributed by atoms with E-state index in [2.05, 4.69) is 5.73 Å². The van der Waals surface area contributed by atoms with Crippen molar-refractivity contribution in [1.29, 1.82) is 0 Å². The Morgan fingerprint density at radius 1 is 1.27 bits per heavy atom. The molecule has 0 bridgehead atoms. The van der Waals surface area contributed by atoms with Crippen molar-refractivity contribution in [2.75, 3.05) is 6.54 Å². The third-order valence-corrected chi connectivity index (χ3v) is 1.58. The van der Waals surface area contributed by atoms with Crippen LogP contribution in [0.3, 0.4) is 0 Å². The van der Waals surface area contributed by atoms with Crippen LogP contribution in [-0.2, 0) is 9.59 Å². The minimum absolute atomic E-state index is 0.582. The number of hydrogen-bond acceptors (Lipinski definition) is 2. The van der Waals surface area contributed by atoms with Crippen LogP contribution in [0.15, 0.2) is 0 Å². The molecule has 0 rings (SSSR count). The van der Waals surface area contributed by atoms with Crippen molar-refractivity contribution in [3.05, 3.63) is 0 Å². The summed E-state index contributed by atoms with van der Waals surface area (Å²) >= 11 is 0. The van der Waals surface area contributed by atoms with Crippen LogP contribution in [0, 0.1) is 0 Å². The molecule has 0 spiro atoms. The molecule has 0 saturated carbocycles. The standard InChI is InChI=1S/C7H10F4N2O2/c1-6(8,4(12)14)5(15)13-3-2-7(9,10)11/h2-3H2,1H3,(H2,12,14)(H,13,15). The summed E-state index contributed by atoms with van der Waals surface area (Å²) in [4.78, 5) is 21.2. The first kappa shape index (κ1) is 13.7. The maximum Gasteiger partial charge on any atom is 0.390 e. The van der Waals surface area contributed by atoms with E-state index >= 15 is 0 Å². The first-order valence-electron chi connectivity index (χ1n) is 3.91. The van der Waals surface area contributed by atoms with E-state index in [0.717, 1.165) is 0 Å². The molecule has 2 amide bonds. The van der Waals surface area contributed by atoms with E-state index in [1.807, 2.05) is 0 Å². The largest absolute Gasteiger partial charge is 0.390 e. The molecule has 0 aliphatic carbocycles. The zero-order valence-electron chi connectivity index (χ0n) is 7.82. The lowest BCUT2D eigenvalue weighted by Gasteiger charge is -2.16. The van der Waals surface area contributed by atoms with Crippen LogP contribution in [0.2, 0.25) is 0 Å². The summed E-state index contributed by atoms with van der Waals surface area (Å²) in [5.74, 6) is -3.02. The molecule has 0 heterocycles. The molecular formula is C7H10F4N2O2. The molecule has 0 saturated heterocycles. The zero-order chi connectivity index (χ0) is 12.3. The molecule has 0 radical (unpaired) electrons. The van der Waals surface area contributed by atoms with E-state index in [1.165, 1.54) is 0 Å². The fraction of sp³-hybridized carbons (Fsp3) is 0.714. The molecule has 88 valence electrons. The molecule has 4 nitrogen and oxygen atoms in total. The highest BCUT2D eigenvalue weighted by Gasteiger charge is 2.39. The number of amides is 2. The van der Waals surface area contributed by atoms with Crippen molar-refractivity contribution in [2.24, 2.45) is 5.73 Å². The van der Waals surface area contributed by atoms with Crippen molar-refractivity contribution in [1.82, 2.24) is 5.32 Å². The van der Waals surface area contributed by atoms with Crippen molar-refractivity contribution in [2.45, 2.75) is 25.2 Å². The normalized spacial score (nSPS) is 15.5. The van der Waals surface area contributed by atoms with E-state index in [9.17, 15) is 27.2 Å². The van der Waals surface area contributed by atoms with Gasteiger partial charge in [0.1, 0.15) is 0 Å². The third kappa shape index (κ3) is 4.61. The van der Waals surface area contributed by atoms with Gasteiger partial charge in [0.25, 0.3) is 17.5 Å². The van der Waals surface area contributed by atoms with Gasteiger partial charge < -0.3 is 11.1 Å². The zero-order valence-corrected chi connectivity index (χ0v) is 7.82. The molecule has 15 heavy (non-hydrogen) atoms. The molecule has 0 aliphatic heterocycles. The molecule has 0 aromatic carbocycles. The second kappa shape index (κ2) is 4.45. The Labute approximate surface area is 82.8 Å². The topological polar surface area (TPSA) is 72.2 Å². The van der Waals surface area contributed by atoms with Gasteiger partial charge in [-0.2, -0.15) is 13.2 Å². The van der Waals surface area contributed by atoms with Gasteiger partial charge in [-0.3, -0.25) is 9.59 Å². The number of nitrogens with one attached hydrogen (secondary N) is 1. The first-order chi connectivity index (χ1) is 6.57. The number of alkyl halides is 4. The minimum Gasteiger partial charge on any atom is -0.366 e. The quantitative estimate of drug-likeness (QED) is 0.537. The summed E-state index contributed by atoms with van der Waals surface area (Å²) in [6.07, 6.45) is -5.75. The minimum atomic E-state index is -4.45. The highest BCUT2D eigenvalue weighted by Crippen LogP contribution is 2.18. The molecule has 1 unspecified atom stereocenters. The fourth-order valence-corrected chi connectivity index (χ4v) is 0.596. The molecule has 8 heteroatoms. The first-order valence-corrected chi connectivity index (χ1v) is 3.91. The highest BCUT2D eigenvalue weighted by atomic mass is 19.4. The van der Waals surface area contributed by atoms with Crippen molar-refractivity contribution in [3.63, 3.8) is 0 Å². The Bertz CT molecular complexity index is 262. The lowest BCUT2D eigenvalue weighted by molar-refractivity contribution is -0.144. The summed E-state index contributed by atoms with van der Waals surface area (Å²) in [7, 11) is 0. The summed E-state index contributed by atoms with van der Waals surface area (Å²) in [5.41, 5.74) is 1.54.